The number of fused-ring (bicyclic) bond motifs is 1. The summed E-state index contributed by atoms with van der Waals surface area (Å²) in [5, 5.41) is 13.4. The number of nitrogens with one attached hydrogen (secondary N) is 1. The summed E-state index contributed by atoms with van der Waals surface area (Å²) in [6, 6.07) is 7.77. The summed E-state index contributed by atoms with van der Waals surface area (Å²) in [4.78, 5) is 0. The van der Waals surface area contributed by atoms with E-state index in [0.717, 1.165) is 17.8 Å². The van der Waals surface area contributed by atoms with Crippen LogP contribution in [0.15, 0.2) is 24.3 Å². The van der Waals surface area contributed by atoms with Gasteiger partial charge in [0.1, 0.15) is 5.60 Å². The molecule has 1 heterocycles. The minimum absolute atomic E-state index is 0.283. The number of para-hydroxylation sites is 1. The number of anilines is 1. The molecule has 2 rings (SSSR count). The van der Waals surface area contributed by atoms with E-state index >= 15 is 0 Å². The monoisotopic (exact) mass is 178 g/mol. The van der Waals surface area contributed by atoms with Crippen LogP contribution >= 0.6 is 0 Å². The van der Waals surface area contributed by atoms with Crippen molar-refractivity contribution < 1.29 is 5.11 Å². The number of benzene rings is 1. The van der Waals surface area contributed by atoms with Gasteiger partial charge in [0.25, 0.3) is 0 Å². The van der Waals surface area contributed by atoms with E-state index in [1.54, 1.807) is 0 Å². The molecule has 0 spiro atoms. The van der Waals surface area contributed by atoms with Gasteiger partial charge in [0.15, 0.2) is 0 Å². The highest BCUT2D eigenvalue weighted by Crippen LogP contribution is 2.33. The summed E-state index contributed by atoms with van der Waals surface area (Å²) in [5.41, 5.74) is 6.66. The molecule has 0 saturated heterocycles. The fourth-order valence-electron chi connectivity index (χ4n) is 1.79. The van der Waals surface area contributed by atoms with Crippen LogP contribution in [-0.4, -0.2) is 18.2 Å². The van der Waals surface area contributed by atoms with Crippen molar-refractivity contribution in [3.05, 3.63) is 29.8 Å². The Morgan fingerprint density at radius 2 is 2.23 bits per heavy atom. The van der Waals surface area contributed by atoms with Crippen LogP contribution in [0.2, 0.25) is 0 Å². The van der Waals surface area contributed by atoms with Gasteiger partial charge in [0, 0.05) is 24.3 Å². The molecule has 0 aromatic heterocycles. The summed E-state index contributed by atoms with van der Waals surface area (Å²) in [6.07, 6.45) is 0.681. The second kappa shape index (κ2) is 3.01. The Labute approximate surface area is 77.6 Å². The Morgan fingerprint density at radius 3 is 3.00 bits per heavy atom. The molecule has 0 fully saturated rings. The van der Waals surface area contributed by atoms with Crippen LogP contribution in [0.5, 0.6) is 0 Å². The molecular weight excluding hydrogens is 164 g/mol. The van der Waals surface area contributed by atoms with Crippen LogP contribution in [0.25, 0.3) is 0 Å². The number of hydrogen-bond acceptors (Lipinski definition) is 3. The lowest BCUT2D eigenvalue weighted by molar-refractivity contribution is 0.0377. The Hall–Kier alpha value is -1.06. The van der Waals surface area contributed by atoms with E-state index in [2.05, 4.69) is 5.32 Å². The molecule has 1 aliphatic heterocycles. The van der Waals surface area contributed by atoms with E-state index in [0.29, 0.717) is 6.42 Å². The van der Waals surface area contributed by atoms with E-state index in [-0.39, 0.29) is 6.54 Å². The van der Waals surface area contributed by atoms with Crippen LogP contribution in [0.1, 0.15) is 12.0 Å². The summed E-state index contributed by atoms with van der Waals surface area (Å²) in [7, 11) is 0. The molecule has 13 heavy (non-hydrogen) atoms. The molecule has 1 aromatic rings. The predicted molar refractivity (Wildman–Crippen MR) is 52.5 cm³/mol. The first-order chi connectivity index (χ1) is 6.26. The maximum atomic E-state index is 10.2. The molecular formula is C10H14N2O. The normalized spacial score (nSPS) is 26.3. The highest BCUT2D eigenvalue weighted by molar-refractivity contribution is 5.55. The summed E-state index contributed by atoms with van der Waals surface area (Å²) >= 11 is 0. The van der Waals surface area contributed by atoms with Gasteiger partial charge in [0.2, 0.25) is 0 Å². The zero-order chi connectivity index (χ0) is 9.31. The highest BCUT2D eigenvalue weighted by Gasteiger charge is 2.32. The molecule has 1 aliphatic rings. The molecule has 1 unspecified atom stereocenters. The van der Waals surface area contributed by atoms with Gasteiger partial charge in [-0.3, -0.25) is 0 Å². The Kier molecular flexibility index (Phi) is 1.98. The third-order valence-corrected chi connectivity index (χ3v) is 2.62. The zero-order valence-electron chi connectivity index (χ0n) is 7.46. The van der Waals surface area contributed by atoms with Gasteiger partial charge in [-0.25, -0.2) is 0 Å². The molecule has 0 saturated carbocycles. The minimum Gasteiger partial charge on any atom is -0.385 e. The second-order valence-electron chi connectivity index (χ2n) is 3.46. The molecule has 4 N–H and O–H groups in total. The molecule has 0 bridgehead atoms. The fourth-order valence-corrected chi connectivity index (χ4v) is 1.79. The van der Waals surface area contributed by atoms with Gasteiger partial charge in [-0.1, -0.05) is 18.2 Å². The molecule has 1 atom stereocenters. The van der Waals surface area contributed by atoms with E-state index in [1.165, 1.54) is 0 Å². The lowest BCUT2D eigenvalue weighted by atomic mass is 9.86. The van der Waals surface area contributed by atoms with Crippen molar-refractivity contribution in [2.75, 3.05) is 18.4 Å². The fraction of sp³-hybridized carbons (Fsp3) is 0.400. The van der Waals surface area contributed by atoms with Crippen molar-refractivity contribution in [2.45, 2.75) is 12.0 Å². The van der Waals surface area contributed by atoms with Crippen LogP contribution in [-0.2, 0) is 5.60 Å². The molecule has 70 valence electrons. The SMILES string of the molecule is NCC1(O)CCNc2ccccc21. The van der Waals surface area contributed by atoms with Crippen LogP contribution in [0, 0.1) is 0 Å². The van der Waals surface area contributed by atoms with E-state index < -0.39 is 5.60 Å². The van der Waals surface area contributed by atoms with Crippen molar-refractivity contribution in [3.8, 4) is 0 Å². The Morgan fingerprint density at radius 1 is 1.46 bits per heavy atom. The molecule has 3 nitrogen and oxygen atoms in total. The lowest BCUT2D eigenvalue weighted by Gasteiger charge is -2.33. The average molecular weight is 178 g/mol. The number of hydrogen-bond donors (Lipinski definition) is 3. The van der Waals surface area contributed by atoms with E-state index in [9.17, 15) is 5.11 Å². The number of nitrogens with two attached hydrogens (primary N) is 1. The first kappa shape index (κ1) is 8.53. The number of rotatable bonds is 1. The quantitative estimate of drug-likeness (QED) is 0.591. The van der Waals surface area contributed by atoms with Crippen molar-refractivity contribution in [1.29, 1.82) is 0 Å². The zero-order valence-corrected chi connectivity index (χ0v) is 7.46. The largest absolute Gasteiger partial charge is 0.385 e. The maximum Gasteiger partial charge on any atom is 0.105 e. The van der Waals surface area contributed by atoms with Gasteiger partial charge < -0.3 is 16.2 Å². The Balaban J connectivity index is 2.48. The minimum atomic E-state index is -0.832. The van der Waals surface area contributed by atoms with Crippen molar-refractivity contribution >= 4 is 5.69 Å². The summed E-state index contributed by atoms with van der Waals surface area (Å²) < 4.78 is 0. The van der Waals surface area contributed by atoms with E-state index in [1.807, 2.05) is 24.3 Å². The topological polar surface area (TPSA) is 58.3 Å². The van der Waals surface area contributed by atoms with Crippen molar-refractivity contribution in [3.63, 3.8) is 0 Å². The van der Waals surface area contributed by atoms with Crippen molar-refractivity contribution in [2.24, 2.45) is 5.73 Å². The summed E-state index contributed by atoms with van der Waals surface area (Å²) in [6.45, 7) is 1.07. The molecule has 1 aromatic carbocycles. The molecule has 0 radical (unpaired) electrons. The number of aliphatic hydroxyl groups is 1. The summed E-state index contributed by atoms with van der Waals surface area (Å²) in [5.74, 6) is 0. The van der Waals surface area contributed by atoms with Gasteiger partial charge in [-0.2, -0.15) is 0 Å². The van der Waals surface area contributed by atoms with Gasteiger partial charge in [-0.05, 0) is 12.5 Å². The van der Waals surface area contributed by atoms with Gasteiger partial charge in [0.05, 0.1) is 0 Å². The van der Waals surface area contributed by atoms with Crippen molar-refractivity contribution in [1.82, 2.24) is 0 Å². The van der Waals surface area contributed by atoms with Gasteiger partial charge >= 0.3 is 0 Å². The maximum absolute atomic E-state index is 10.2. The predicted octanol–water partition coefficient (Wildman–Crippen LogP) is 0.648. The molecule has 0 aliphatic carbocycles. The standard InChI is InChI=1S/C10H14N2O/c11-7-10(13)5-6-12-9-4-2-1-3-8(9)10/h1-4,12-13H,5-7,11H2. The molecule has 0 amide bonds. The first-order valence-corrected chi connectivity index (χ1v) is 4.52. The lowest BCUT2D eigenvalue weighted by Crippen LogP contribution is -2.40. The third kappa shape index (κ3) is 1.30. The molecule has 3 heteroatoms. The van der Waals surface area contributed by atoms with Gasteiger partial charge in [-0.15, -0.1) is 0 Å². The Bertz CT molecular complexity index is 314. The third-order valence-electron chi connectivity index (χ3n) is 2.62. The van der Waals surface area contributed by atoms with Crippen LogP contribution < -0.4 is 11.1 Å². The smallest absolute Gasteiger partial charge is 0.105 e. The van der Waals surface area contributed by atoms with Crippen LogP contribution in [0.4, 0.5) is 5.69 Å². The average Bonchev–Trinajstić information content (AvgIpc) is 2.19. The highest BCUT2D eigenvalue weighted by atomic mass is 16.3. The second-order valence-corrected chi connectivity index (χ2v) is 3.46. The van der Waals surface area contributed by atoms with E-state index in [4.69, 9.17) is 5.73 Å². The van der Waals surface area contributed by atoms with Crippen LogP contribution in [0.3, 0.4) is 0 Å². The first-order valence-electron chi connectivity index (χ1n) is 4.52.